The zero-order valence-electron chi connectivity index (χ0n) is 21.2. The van der Waals surface area contributed by atoms with Gasteiger partial charge in [-0.2, -0.15) is 10.2 Å². The number of nitrogens with zero attached hydrogens (tertiary/aromatic N) is 7. The minimum atomic E-state index is -0.743. The van der Waals surface area contributed by atoms with Gasteiger partial charge in [-0.25, -0.2) is 23.0 Å². The molecule has 40 heavy (non-hydrogen) atoms. The fourth-order valence-electron chi connectivity index (χ4n) is 4.97. The molecule has 3 aliphatic heterocycles. The molecule has 0 saturated carbocycles. The highest BCUT2D eigenvalue weighted by Gasteiger charge is 2.39. The van der Waals surface area contributed by atoms with Crippen molar-refractivity contribution in [2.24, 2.45) is 12.1 Å². The second-order valence-electron chi connectivity index (χ2n) is 9.92. The number of likely N-dealkylation sites (tertiary alicyclic amines) is 2. The quantitative estimate of drug-likeness (QED) is 0.517. The lowest BCUT2D eigenvalue weighted by atomic mass is 10.0. The summed E-state index contributed by atoms with van der Waals surface area (Å²) in [5.41, 5.74) is 1.19. The summed E-state index contributed by atoms with van der Waals surface area (Å²) in [4.78, 5) is 33.0. The molecule has 14 heteroatoms. The molecule has 2 fully saturated rings. The van der Waals surface area contributed by atoms with E-state index in [1.807, 2.05) is 0 Å². The van der Waals surface area contributed by atoms with E-state index in [1.165, 1.54) is 50.1 Å². The van der Waals surface area contributed by atoms with E-state index in [4.69, 9.17) is 4.74 Å². The van der Waals surface area contributed by atoms with Crippen LogP contribution in [0.5, 0.6) is 5.75 Å². The van der Waals surface area contributed by atoms with Gasteiger partial charge in [-0.1, -0.05) is 0 Å². The van der Waals surface area contributed by atoms with Crippen LogP contribution >= 0.6 is 0 Å². The van der Waals surface area contributed by atoms with E-state index in [1.54, 1.807) is 7.05 Å². The lowest BCUT2D eigenvalue weighted by Crippen LogP contribution is -2.58. The number of β-amino-alcohol motifs (C(OH)–C–C–N with tert-alkyl or cyclic N) is 1. The van der Waals surface area contributed by atoms with Gasteiger partial charge in [0.15, 0.2) is 11.6 Å². The molecule has 0 aliphatic carbocycles. The number of carbonyl (C=O) groups is 2. The lowest BCUT2D eigenvalue weighted by molar-refractivity contribution is 0.00594. The van der Waals surface area contributed by atoms with Gasteiger partial charge in [0.2, 0.25) is 0 Å². The number of rotatable bonds is 5. The Kier molecular flexibility index (Phi) is 6.41. The first-order valence-corrected chi connectivity index (χ1v) is 12.6. The van der Waals surface area contributed by atoms with Crippen molar-refractivity contribution in [2.75, 3.05) is 26.2 Å². The number of ether oxygens (including phenoxy) is 1. The van der Waals surface area contributed by atoms with Gasteiger partial charge in [-0.05, 0) is 17.7 Å². The second-order valence-corrected chi connectivity index (χ2v) is 9.92. The Morgan fingerprint density at radius 1 is 1.00 bits per heavy atom. The van der Waals surface area contributed by atoms with Crippen molar-refractivity contribution < 1.29 is 32.6 Å². The summed E-state index contributed by atoms with van der Waals surface area (Å²) in [7, 11) is 1.63. The number of aryl methyl sites for hydroxylation is 1. The van der Waals surface area contributed by atoms with Gasteiger partial charge in [-0.15, -0.1) is 0 Å². The van der Waals surface area contributed by atoms with E-state index in [0.717, 1.165) is 12.3 Å². The maximum Gasteiger partial charge on any atom is 0.341 e. The maximum atomic E-state index is 14.7. The molecule has 2 aromatic heterocycles. The number of urea groups is 1. The van der Waals surface area contributed by atoms with E-state index < -0.39 is 41.7 Å². The first kappa shape index (κ1) is 25.8. The van der Waals surface area contributed by atoms with Crippen LogP contribution in [0.1, 0.15) is 28.4 Å². The molecule has 0 spiro atoms. The third-order valence-corrected chi connectivity index (χ3v) is 7.09. The molecule has 3 aliphatic rings. The average Bonchev–Trinajstić information content (AvgIpc) is 3.51. The van der Waals surface area contributed by atoms with Crippen molar-refractivity contribution in [3.05, 3.63) is 65.2 Å². The molecule has 1 N–H and O–H groups in total. The zero-order valence-corrected chi connectivity index (χ0v) is 21.2. The topological polar surface area (TPSA) is 116 Å². The van der Waals surface area contributed by atoms with Crippen molar-refractivity contribution in [1.29, 1.82) is 0 Å². The van der Waals surface area contributed by atoms with Gasteiger partial charge in [0, 0.05) is 44.9 Å². The summed E-state index contributed by atoms with van der Waals surface area (Å²) in [6.45, 7) is 0.716. The molecule has 11 nitrogen and oxygen atoms in total. The second kappa shape index (κ2) is 9.93. The Bertz CT molecular complexity index is 1500. The van der Waals surface area contributed by atoms with Gasteiger partial charge in [0.25, 0.3) is 5.91 Å². The molecule has 0 unspecified atom stereocenters. The molecular formula is C26H24F3N7O4. The van der Waals surface area contributed by atoms with Crippen LogP contribution < -0.4 is 4.74 Å². The van der Waals surface area contributed by atoms with Gasteiger partial charge in [0.1, 0.15) is 17.7 Å². The molecule has 0 bridgehead atoms. The van der Waals surface area contributed by atoms with Crippen LogP contribution in [0.3, 0.4) is 0 Å². The highest BCUT2D eigenvalue weighted by Crippen LogP contribution is 2.33. The van der Waals surface area contributed by atoms with Crippen molar-refractivity contribution in [2.45, 2.75) is 24.7 Å². The maximum absolute atomic E-state index is 14.7. The summed E-state index contributed by atoms with van der Waals surface area (Å²) >= 11 is 0. The number of hydrazone groups is 1. The average molecular weight is 556 g/mol. The Balaban J connectivity index is 1.13. The molecule has 1 aromatic carbocycles. The first-order chi connectivity index (χ1) is 19.2. The fourth-order valence-corrected chi connectivity index (χ4v) is 4.97. The Labute approximate surface area is 226 Å². The standard InChI is InChI=1S/C26H24F3N7O4/c1-33-24(19(8-32-33)25(38)34-10-17(37)11-34)21-7-23(20(29)9-30-21)40-18-12-35(13-18)26(39)36-22(2-3-31-36)14-4-15(27)6-16(28)5-14/h3-9,17-18,22,37H,2,10-13H2,1H3/t22-/m0/s1. The molecular weight excluding hydrogens is 531 g/mol. The first-order valence-electron chi connectivity index (χ1n) is 12.6. The van der Waals surface area contributed by atoms with Crippen LogP contribution in [0.15, 0.2) is 41.8 Å². The molecule has 1 atom stereocenters. The number of pyridine rings is 1. The molecule has 0 radical (unpaired) electrons. The third kappa shape index (κ3) is 4.63. The summed E-state index contributed by atoms with van der Waals surface area (Å²) in [5, 5.41) is 18.9. The van der Waals surface area contributed by atoms with Crippen LogP contribution in [0, 0.1) is 17.5 Å². The van der Waals surface area contributed by atoms with Crippen LogP contribution in [-0.4, -0.2) is 91.2 Å². The van der Waals surface area contributed by atoms with Crippen molar-refractivity contribution in [3.8, 4) is 17.1 Å². The minimum absolute atomic E-state index is 0.103. The zero-order chi connectivity index (χ0) is 28.1. The van der Waals surface area contributed by atoms with Gasteiger partial charge in [0.05, 0.1) is 54.6 Å². The number of aliphatic hydroxyl groups is 1. The summed E-state index contributed by atoms with van der Waals surface area (Å²) in [6, 6.07) is 3.36. The summed E-state index contributed by atoms with van der Waals surface area (Å²) in [5.74, 6) is -2.63. The minimum Gasteiger partial charge on any atom is -0.483 e. The van der Waals surface area contributed by atoms with Crippen molar-refractivity contribution in [1.82, 2.24) is 29.6 Å². The highest BCUT2D eigenvalue weighted by molar-refractivity contribution is 6.00. The monoisotopic (exact) mass is 555 g/mol. The molecule has 5 heterocycles. The molecule has 2 saturated heterocycles. The third-order valence-electron chi connectivity index (χ3n) is 7.09. The number of carbonyl (C=O) groups excluding carboxylic acids is 2. The Morgan fingerprint density at radius 2 is 1.73 bits per heavy atom. The highest BCUT2D eigenvalue weighted by atomic mass is 19.1. The fraction of sp³-hybridized carbons (Fsp3) is 0.346. The predicted molar refractivity (Wildman–Crippen MR) is 134 cm³/mol. The number of benzene rings is 1. The number of hydrogen-bond donors (Lipinski definition) is 1. The Hall–Kier alpha value is -4.46. The van der Waals surface area contributed by atoms with E-state index in [9.17, 15) is 27.9 Å². The summed E-state index contributed by atoms with van der Waals surface area (Å²) in [6.07, 6.45) is 3.12. The SMILES string of the molecule is Cn1ncc(C(=O)N2CC(O)C2)c1-c1cc(OC2CN(C(=O)N3N=CC[C@H]3c3cc(F)cc(F)c3)C2)c(F)cn1. The molecule has 3 aromatic rings. The largest absolute Gasteiger partial charge is 0.483 e. The van der Waals surface area contributed by atoms with Crippen LogP contribution in [-0.2, 0) is 7.05 Å². The number of amides is 3. The number of aliphatic hydroxyl groups excluding tert-OH is 1. The smallest absolute Gasteiger partial charge is 0.341 e. The van der Waals surface area contributed by atoms with E-state index in [0.29, 0.717) is 17.7 Å². The number of halogens is 3. The summed E-state index contributed by atoms with van der Waals surface area (Å²) < 4.78 is 49.4. The van der Waals surface area contributed by atoms with Gasteiger partial charge >= 0.3 is 6.03 Å². The van der Waals surface area contributed by atoms with Crippen molar-refractivity contribution in [3.63, 3.8) is 0 Å². The van der Waals surface area contributed by atoms with Crippen LogP contribution in [0.4, 0.5) is 18.0 Å². The van der Waals surface area contributed by atoms with Gasteiger partial charge < -0.3 is 19.6 Å². The number of aromatic nitrogens is 3. The predicted octanol–water partition coefficient (Wildman–Crippen LogP) is 2.33. The lowest BCUT2D eigenvalue weighted by Gasteiger charge is -2.41. The van der Waals surface area contributed by atoms with E-state index in [2.05, 4.69) is 15.2 Å². The Morgan fingerprint density at radius 3 is 2.42 bits per heavy atom. The van der Waals surface area contributed by atoms with E-state index in [-0.39, 0.29) is 49.1 Å². The van der Waals surface area contributed by atoms with Crippen LogP contribution in [0.2, 0.25) is 0 Å². The van der Waals surface area contributed by atoms with Crippen LogP contribution in [0.25, 0.3) is 11.4 Å². The molecule has 6 rings (SSSR count). The van der Waals surface area contributed by atoms with E-state index >= 15 is 0 Å². The van der Waals surface area contributed by atoms with Gasteiger partial charge in [-0.3, -0.25) is 14.5 Å². The normalized spacial score (nSPS) is 19.1. The molecule has 208 valence electrons. The number of hydrogen-bond acceptors (Lipinski definition) is 7. The van der Waals surface area contributed by atoms with Crippen molar-refractivity contribution >= 4 is 18.2 Å². The molecule has 3 amide bonds.